The second kappa shape index (κ2) is 5.41. The maximum Gasteiger partial charge on any atom is 0.146 e. The Balaban J connectivity index is 2.23. The molecule has 0 fully saturated rings. The smallest absolute Gasteiger partial charge is 0.146 e. The predicted molar refractivity (Wildman–Crippen MR) is 79.9 cm³/mol. The number of thiophene rings is 1. The van der Waals surface area contributed by atoms with Gasteiger partial charge in [0.2, 0.25) is 0 Å². The number of anilines is 1. The molecule has 1 unspecified atom stereocenters. The molecule has 1 N–H and O–H groups in total. The van der Waals surface area contributed by atoms with E-state index in [4.69, 9.17) is 0 Å². The lowest BCUT2D eigenvalue weighted by Gasteiger charge is -2.16. The van der Waals surface area contributed by atoms with Crippen LogP contribution >= 0.6 is 27.3 Å². The molecule has 0 saturated carbocycles. The number of rotatable bonds is 3. The Kier molecular flexibility index (Phi) is 4.07. The van der Waals surface area contributed by atoms with E-state index >= 15 is 0 Å². The molecule has 1 aromatic heterocycles. The summed E-state index contributed by atoms with van der Waals surface area (Å²) in [6, 6.07) is 7.18. The molecular formula is C14H15BrFNS. The van der Waals surface area contributed by atoms with Crippen molar-refractivity contribution in [1.29, 1.82) is 0 Å². The van der Waals surface area contributed by atoms with Crippen molar-refractivity contribution in [2.45, 2.75) is 26.8 Å². The molecule has 1 nitrogen and oxygen atoms in total. The van der Waals surface area contributed by atoms with Crippen molar-refractivity contribution in [2.75, 3.05) is 5.32 Å². The second-order valence-corrected chi connectivity index (χ2v) is 6.73. The van der Waals surface area contributed by atoms with E-state index in [-0.39, 0.29) is 11.9 Å². The number of hydrogen-bond acceptors (Lipinski definition) is 2. The Morgan fingerprint density at radius 3 is 2.61 bits per heavy atom. The molecule has 0 radical (unpaired) electrons. The van der Waals surface area contributed by atoms with Crippen LogP contribution in [0.25, 0.3) is 0 Å². The van der Waals surface area contributed by atoms with Crippen molar-refractivity contribution in [3.05, 3.63) is 49.9 Å². The lowest BCUT2D eigenvalue weighted by atomic mass is 10.1. The normalized spacial score (nSPS) is 12.5. The first-order valence-electron chi connectivity index (χ1n) is 5.76. The molecule has 0 saturated heterocycles. The molecule has 96 valence electrons. The van der Waals surface area contributed by atoms with Crippen LogP contribution in [0.4, 0.5) is 10.1 Å². The van der Waals surface area contributed by atoms with E-state index < -0.39 is 0 Å². The summed E-state index contributed by atoms with van der Waals surface area (Å²) in [6.45, 7) is 6.24. The monoisotopic (exact) mass is 327 g/mol. The zero-order valence-electron chi connectivity index (χ0n) is 10.6. The molecule has 4 heteroatoms. The summed E-state index contributed by atoms with van der Waals surface area (Å²) in [6.07, 6.45) is 0. The van der Waals surface area contributed by atoms with E-state index in [1.807, 2.05) is 0 Å². The van der Waals surface area contributed by atoms with Gasteiger partial charge in [0.25, 0.3) is 0 Å². The van der Waals surface area contributed by atoms with Gasteiger partial charge in [-0.3, -0.25) is 0 Å². The van der Waals surface area contributed by atoms with Crippen molar-refractivity contribution < 1.29 is 4.39 Å². The topological polar surface area (TPSA) is 12.0 Å². The Morgan fingerprint density at radius 1 is 1.28 bits per heavy atom. The van der Waals surface area contributed by atoms with Gasteiger partial charge in [0.1, 0.15) is 5.82 Å². The van der Waals surface area contributed by atoms with Crippen molar-refractivity contribution >= 4 is 33.0 Å². The molecule has 0 spiro atoms. The molecule has 1 atom stereocenters. The molecular weight excluding hydrogens is 313 g/mol. The summed E-state index contributed by atoms with van der Waals surface area (Å²) < 4.78 is 14.5. The zero-order chi connectivity index (χ0) is 13.3. The summed E-state index contributed by atoms with van der Waals surface area (Å²) in [4.78, 5) is 2.56. The third-order valence-corrected chi connectivity index (χ3v) is 4.32. The Bertz CT molecular complexity index is 565. The summed E-state index contributed by atoms with van der Waals surface area (Å²) in [5, 5.41) is 3.22. The van der Waals surface area contributed by atoms with Crippen LogP contribution in [0.5, 0.6) is 0 Å². The number of benzene rings is 1. The Hall–Kier alpha value is -0.870. The fraction of sp³-hybridized carbons (Fsp3) is 0.286. The van der Waals surface area contributed by atoms with E-state index in [0.29, 0.717) is 5.69 Å². The molecule has 18 heavy (non-hydrogen) atoms. The van der Waals surface area contributed by atoms with Gasteiger partial charge in [0.15, 0.2) is 0 Å². The number of hydrogen-bond donors (Lipinski definition) is 1. The van der Waals surface area contributed by atoms with Crippen molar-refractivity contribution in [1.82, 2.24) is 0 Å². The van der Waals surface area contributed by atoms with E-state index in [1.165, 1.54) is 21.4 Å². The van der Waals surface area contributed by atoms with Crippen LogP contribution in [0.2, 0.25) is 0 Å². The maximum atomic E-state index is 13.7. The van der Waals surface area contributed by atoms with Crippen LogP contribution in [0.15, 0.2) is 28.7 Å². The molecule has 1 aromatic carbocycles. The van der Waals surface area contributed by atoms with Gasteiger partial charge in [-0.1, -0.05) is 15.9 Å². The van der Waals surface area contributed by atoms with Crippen LogP contribution in [0.1, 0.15) is 28.3 Å². The number of halogens is 2. The minimum absolute atomic E-state index is 0.0961. The first-order valence-corrected chi connectivity index (χ1v) is 7.37. The van der Waals surface area contributed by atoms with Gasteiger partial charge in [-0.25, -0.2) is 4.39 Å². The van der Waals surface area contributed by atoms with E-state index in [1.54, 1.807) is 23.5 Å². The molecule has 0 aliphatic heterocycles. The summed E-state index contributed by atoms with van der Waals surface area (Å²) >= 11 is 5.13. The minimum Gasteiger partial charge on any atom is -0.376 e. The fourth-order valence-electron chi connectivity index (χ4n) is 2.00. The van der Waals surface area contributed by atoms with Gasteiger partial charge >= 0.3 is 0 Å². The first-order chi connectivity index (χ1) is 8.47. The minimum atomic E-state index is -0.227. The Morgan fingerprint density at radius 2 is 2.00 bits per heavy atom. The second-order valence-electron chi connectivity index (χ2n) is 4.36. The average molecular weight is 328 g/mol. The number of nitrogens with one attached hydrogen (secondary N) is 1. The molecule has 1 heterocycles. The first kappa shape index (κ1) is 13.6. The average Bonchev–Trinajstić information content (AvgIpc) is 2.63. The standard InChI is InChI=1S/C14H15BrFNS/c1-8-6-12(10(3)18-8)9(2)17-14-7-11(15)4-5-13(14)16/h4-7,9,17H,1-3H3. The zero-order valence-corrected chi connectivity index (χ0v) is 13.0. The van der Waals surface area contributed by atoms with Gasteiger partial charge in [0.05, 0.1) is 5.69 Å². The fourth-order valence-corrected chi connectivity index (χ4v) is 3.38. The highest BCUT2D eigenvalue weighted by molar-refractivity contribution is 9.10. The summed E-state index contributed by atoms with van der Waals surface area (Å²) in [7, 11) is 0. The van der Waals surface area contributed by atoms with Gasteiger partial charge in [-0.2, -0.15) is 0 Å². The molecule has 0 aliphatic carbocycles. The van der Waals surface area contributed by atoms with Crippen LogP contribution in [-0.2, 0) is 0 Å². The quantitative estimate of drug-likeness (QED) is 0.791. The van der Waals surface area contributed by atoms with E-state index in [0.717, 1.165) is 4.47 Å². The highest BCUT2D eigenvalue weighted by Gasteiger charge is 2.13. The van der Waals surface area contributed by atoms with Crippen molar-refractivity contribution in [3.8, 4) is 0 Å². The lowest BCUT2D eigenvalue weighted by molar-refractivity contribution is 0.627. The van der Waals surface area contributed by atoms with Gasteiger partial charge in [-0.15, -0.1) is 11.3 Å². The molecule has 0 amide bonds. The van der Waals surface area contributed by atoms with Crippen LogP contribution in [0, 0.1) is 19.7 Å². The molecule has 0 bridgehead atoms. The predicted octanol–water partition coefficient (Wildman–Crippen LogP) is 5.44. The highest BCUT2D eigenvalue weighted by atomic mass is 79.9. The molecule has 2 rings (SSSR count). The molecule has 2 aromatic rings. The maximum absolute atomic E-state index is 13.7. The summed E-state index contributed by atoms with van der Waals surface area (Å²) in [5.74, 6) is -0.227. The summed E-state index contributed by atoms with van der Waals surface area (Å²) in [5.41, 5.74) is 1.76. The Labute approximate surface area is 119 Å². The van der Waals surface area contributed by atoms with Gasteiger partial charge < -0.3 is 5.32 Å². The van der Waals surface area contributed by atoms with Crippen molar-refractivity contribution in [3.63, 3.8) is 0 Å². The van der Waals surface area contributed by atoms with Gasteiger partial charge in [0, 0.05) is 20.3 Å². The van der Waals surface area contributed by atoms with E-state index in [9.17, 15) is 4.39 Å². The lowest BCUT2D eigenvalue weighted by Crippen LogP contribution is -2.08. The SMILES string of the molecule is Cc1cc(C(C)Nc2cc(Br)ccc2F)c(C)s1. The van der Waals surface area contributed by atoms with Crippen LogP contribution < -0.4 is 5.32 Å². The largest absolute Gasteiger partial charge is 0.376 e. The number of aryl methyl sites for hydroxylation is 2. The van der Waals surface area contributed by atoms with E-state index in [2.05, 4.69) is 48.1 Å². The third kappa shape index (κ3) is 2.93. The molecule has 0 aliphatic rings. The third-order valence-electron chi connectivity index (χ3n) is 2.85. The highest BCUT2D eigenvalue weighted by Crippen LogP contribution is 2.30. The van der Waals surface area contributed by atoms with Crippen molar-refractivity contribution in [2.24, 2.45) is 0 Å². The van der Waals surface area contributed by atoms with Crippen LogP contribution in [0.3, 0.4) is 0 Å². The van der Waals surface area contributed by atoms with Gasteiger partial charge in [-0.05, 0) is 50.6 Å². The van der Waals surface area contributed by atoms with Crippen LogP contribution in [-0.4, -0.2) is 0 Å².